The van der Waals surface area contributed by atoms with Gasteiger partial charge in [0.25, 0.3) is 0 Å². The van der Waals surface area contributed by atoms with Gasteiger partial charge in [-0.05, 0) is 25.0 Å². The van der Waals surface area contributed by atoms with E-state index in [0.717, 1.165) is 23.4 Å². The smallest absolute Gasteiger partial charge is 0.311 e. The Hall–Kier alpha value is -1.51. The lowest BCUT2D eigenvalue weighted by Gasteiger charge is -2.24. The molecule has 14 heavy (non-hydrogen) atoms. The monoisotopic (exact) mass is 191 g/mol. The fraction of sp³-hybridized carbons (Fsp3) is 0.364. The van der Waals surface area contributed by atoms with E-state index in [0.29, 0.717) is 6.42 Å². The van der Waals surface area contributed by atoms with Gasteiger partial charge in [0.05, 0.1) is 5.92 Å². The molecule has 0 spiro atoms. The van der Waals surface area contributed by atoms with Gasteiger partial charge in [0, 0.05) is 12.2 Å². The van der Waals surface area contributed by atoms with Crippen LogP contribution >= 0.6 is 0 Å². The number of fused-ring (bicyclic) bond motifs is 1. The van der Waals surface area contributed by atoms with E-state index in [1.165, 1.54) is 0 Å². The Balaban J connectivity index is 2.46. The van der Waals surface area contributed by atoms with Crippen molar-refractivity contribution in [1.82, 2.24) is 0 Å². The van der Waals surface area contributed by atoms with E-state index in [9.17, 15) is 4.79 Å². The van der Waals surface area contributed by atoms with Crippen molar-refractivity contribution in [2.24, 2.45) is 0 Å². The maximum absolute atomic E-state index is 11.0. The molecule has 1 aromatic rings. The summed E-state index contributed by atoms with van der Waals surface area (Å²) < 4.78 is 0. The van der Waals surface area contributed by atoms with Crippen molar-refractivity contribution in [3.8, 4) is 0 Å². The molecule has 0 radical (unpaired) electrons. The van der Waals surface area contributed by atoms with Crippen LogP contribution in [0.5, 0.6) is 0 Å². The van der Waals surface area contributed by atoms with Gasteiger partial charge >= 0.3 is 5.97 Å². The molecule has 0 aromatic heterocycles. The molecule has 1 heterocycles. The predicted octanol–water partition coefficient (Wildman–Crippen LogP) is 1.98. The SMILES string of the molecule is Cc1ccc2c(c1)C(C(=O)O)CCN2. The van der Waals surface area contributed by atoms with E-state index in [1.54, 1.807) is 0 Å². The number of anilines is 1. The topological polar surface area (TPSA) is 49.3 Å². The molecular weight excluding hydrogens is 178 g/mol. The molecule has 1 atom stereocenters. The summed E-state index contributed by atoms with van der Waals surface area (Å²) in [5.74, 6) is -1.07. The minimum atomic E-state index is -0.724. The third-order valence-electron chi connectivity index (χ3n) is 2.63. The fourth-order valence-electron chi connectivity index (χ4n) is 1.89. The first-order valence-corrected chi connectivity index (χ1v) is 4.75. The summed E-state index contributed by atoms with van der Waals surface area (Å²) in [5, 5.41) is 12.3. The van der Waals surface area contributed by atoms with E-state index in [2.05, 4.69) is 5.32 Å². The second-order valence-electron chi connectivity index (χ2n) is 3.70. The van der Waals surface area contributed by atoms with Crippen molar-refractivity contribution in [2.45, 2.75) is 19.3 Å². The maximum atomic E-state index is 11.0. The quantitative estimate of drug-likeness (QED) is 0.713. The van der Waals surface area contributed by atoms with Gasteiger partial charge in [0.2, 0.25) is 0 Å². The zero-order chi connectivity index (χ0) is 10.1. The number of hydrogen-bond acceptors (Lipinski definition) is 2. The van der Waals surface area contributed by atoms with Gasteiger partial charge in [0.15, 0.2) is 0 Å². The van der Waals surface area contributed by atoms with E-state index in [4.69, 9.17) is 5.11 Å². The Morgan fingerprint density at radius 1 is 1.57 bits per heavy atom. The number of aryl methyl sites for hydroxylation is 1. The Morgan fingerprint density at radius 2 is 2.36 bits per heavy atom. The van der Waals surface area contributed by atoms with Gasteiger partial charge in [0.1, 0.15) is 0 Å². The number of hydrogen-bond donors (Lipinski definition) is 2. The van der Waals surface area contributed by atoms with Crippen LogP contribution in [0.4, 0.5) is 5.69 Å². The third-order valence-corrected chi connectivity index (χ3v) is 2.63. The Kier molecular flexibility index (Phi) is 2.15. The molecule has 0 saturated heterocycles. The molecule has 2 rings (SSSR count). The molecule has 0 amide bonds. The lowest BCUT2D eigenvalue weighted by Crippen LogP contribution is -2.22. The van der Waals surface area contributed by atoms with Crippen molar-refractivity contribution >= 4 is 11.7 Å². The minimum absolute atomic E-state index is 0.342. The molecule has 0 aliphatic carbocycles. The Bertz CT molecular complexity index is 374. The molecule has 1 unspecified atom stereocenters. The highest BCUT2D eigenvalue weighted by atomic mass is 16.4. The molecule has 1 aliphatic rings. The summed E-state index contributed by atoms with van der Waals surface area (Å²) in [5.41, 5.74) is 3.00. The first-order chi connectivity index (χ1) is 6.68. The van der Waals surface area contributed by atoms with Crippen molar-refractivity contribution in [2.75, 3.05) is 11.9 Å². The lowest BCUT2D eigenvalue weighted by atomic mass is 9.90. The first kappa shape index (κ1) is 9.06. The molecule has 2 N–H and O–H groups in total. The van der Waals surface area contributed by atoms with E-state index in [-0.39, 0.29) is 5.92 Å². The highest BCUT2D eigenvalue weighted by Gasteiger charge is 2.25. The fourth-order valence-corrected chi connectivity index (χ4v) is 1.89. The second-order valence-corrected chi connectivity index (χ2v) is 3.70. The normalized spacial score (nSPS) is 19.6. The molecule has 74 valence electrons. The number of benzene rings is 1. The largest absolute Gasteiger partial charge is 0.481 e. The van der Waals surface area contributed by atoms with Crippen LogP contribution in [0.1, 0.15) is 23.5 Å². The molecule has 0 bridgehead atoms. The number of carbonyl (C=O) groups is 1. The van der Waals surface area contributed by atoms with Crippen LogP contribution in [0.15, 0.2) is 18.2 Å². The second kappa shape index (κ2) is 3.33. The average Bonchev–Trinajstić information content (AvgIpc) is 2.16. The van der Waals surface area contributed by atoms with Gasteiger partial charge in [-0.1, -0.05) is 17.7 Å². The van der Waals surface area contributed by atoms with Crippen molar-refractivity contribution in [3.05, 3.63) is 29.3 Å². The summed E-state index contributed by atoms with van der Waals surface area (Å²) in [6, 6.07) is 5.91. The summed E-state index contributed by atoms with van der Waals surface area (Å²) in [7, 11) is 0. The molecule has 1 aliphatic heterocycles. The van der Waals surface area contributed by atoms with Crippen molar-refractivity contribution < 1.29 is 9.90 Å². The highest BCUT2D eigenvalue weighted by molar-refractivity contribution is 5.80. The van der Waals surface area contributed by atoms with Crippen molar-refractivity contribution in [3.63, 3.8) is 0 Å². The first-order valence-electron chi connectivity index (χ1n) is 4.75. The standard InChI is InChI=1S/C11H13NO2/c1-7-2-3-10-9(6-7)8(11(13)14)4-5-12-10/h2-3,6,8,12H,4-5H2,1H3,(H,13,14). The van der Waals surface area contributed by atoms with Crippen molar-refractivity contribution in [1.29, 1.82) is 0 Å². The van der Waals surface area contributed by atoms with Gasteiger partial charge in [-0.15, -0.1) is 0 Å². The molecular formula is C11H13NO2. The summed E-state index contributed by atoms with van der Waals surface area (Å²) in [6.45, 7) is 2.72. The number of carboxylic acid groups (broad SMARTS) is 1. The van der Waals surface area contributed by atoms with Crippen LogP contribution in [0.3, 0.4) is 0 Å². The van der Waals surface area contributed by atoms with E-state index < -0.39 is 5.97 Å². The number of carboxylic acids is 1. The number of rotatable bonds is 1. The van der Waals surface area contributed by atoms with Gasteiger partial charge in [-0.2, -0.15) is 0 Å². The zero-order valence-corrected chi connectivity index (χ0v) is 8.08. The summed E-state index contributed by atoms with van der Waals surface area (Å²) in [4.78, 5) is 11.0. The molecule has 0 saturated carbocycles. The van der Waals surface area contributed by atoms with Crippen LogP contribution in [-0.2, 0) is 4.79 Å². The molecule has 3 nitrogen and oxygen atoms in total. The maximum Gasteiger partial charge on any atom is 0.311 e. The predicted molar refractivity (Wildman–Crippen MR) is 54.7 cm³/mol. The van der Waals surface area contributed by atoms with Crippen LogP contribution < -0.4 is 5.32 Å². The minimum Gasteiger partial charge on any atom is -0.481 e. The van der Waals surface area contributed by atoms with Crippen LogP contribution in [-0.4, -0.2) is 17.6 Å². The van der Waals surface area contributed by atoms with Crippen LogP contribution in [0.2, 0.25) is 0 Å². The van der Waals surface area contributed by atoms with Crippen LogP contribution in [0.25, 0.3) is 0 Å². The Labute approximate surface area is 82.8 Å². The third kappa shape index (κ3) is 1.45. The Morgan fingerprint density at radius 3 is 3.07 bits per heavy atom. The van der Waals surface area contributed by atoms with E-state index >= 15 is 0 Å². The van der Waals surface area contributed by atoms with Gasteiger partial charge in [-0.3, -0.25) is 4.79 Å². The highest BCUT2D eigenvalue weighted by Crippen LogP contribution is 2.32. The molecule has 1 aromatic carbocycles. The van der Waals surface area contributed by atoms with Gasteiger partial charge < -0.3 is 10.4 Å². The van der Waals surface area contributed by atoms with Crippen LogP contribution in [0, 0.1) is 6.92 Å². The van der Waals surface area contributed by atoms with Gasteiger partial charge in [-0.25, -0.2) is 0 Å². The number of aliphatic carboxylic acids is 1. The number of nitrogens with one attached hydrogen (secondary N) is 1. The zero-order valence-electron chi connectivity index (χ0n) is 8.08. The average molecular weight is 191 g/mol. The summed E-state index contributed by atoms with van der Waals surface area (Å²) in [6.07, 6.45) is 0.672. The lowest BCUT2D eigenvalue weighted by molar-refractivity contribution is -0.138. The summed E-state index contributed by atoms with van der Waals surface area (Å²) >= 11 is 0. The molecule has 3 heteroatoms. The molecule has 0 fully saturated rings. The van der Waals surface area contributed by atoms with E-state index in [1.807, 2.05) is 25.1 Å².